The Morgan fingerprint density at radius 1 is 1.27 bits per heavy atom. The van der Waals surface area contributed by atoms with E-state index in [0.29, 0.717) is 27.7 Å². The fraction of sp³-hybridized carbons (Fsp3) is 0.421. The molecule has 0 bridgehead atoms. The first-order chi connectivity index (χ1) is 12.5. The van der Waals surface area contributed by atoms with Gasteiger partial charge in [0.05, 0.1) is 5.69 Å². The van der Waals surface area contributed by atoms with E-state index in [0.717, 1.165) is 36.9 Å². The van der Waals surface area contributed by atoms with Crippen LogP contribution in [0.4, 0.5) is 0 Å². The fourth-order valence-corrected chi connectivity index (χ4v) is 4.75. The summed E-state index contributed by atoms with van der Waals surface area (Å²) in [5.41, 5.74) is 2.69. The summed E-state index contributed by atoms with van der Waals surface area (Å²) in [6, 6.07) is 1.46. The molecule has 0 radical (unpaired) electrons. The molecule has 1 aliphatic carbocycles. The number of hydrogen-bond acceptors (Lipinski definition) is 6. The van der Waals surface area contributed by atoms with E-state index < -0.39 is 5.97 Å². The SMILES string of the molecule is Cc1oc(C)c(C(=O)OCc2cc(=O)n3c4c(sc3n2)CCCC4)c1C. The number of carbonyl (C=O) groups is 1. The normalized spacial score (nSPS) is 13.8. The Balaban J connectivity index is 1.60. The Hall–Kier alpha value is -2.41. The summed E-state index contributed by atoms with van der Waals surface area (Å²) in [4.78, 5) is 31.4. The molecule has 0 fully saturated rings. The Labute approximate surface area is 154 Å². The number of rotatable bonds is 3. The summed E-state index contributed by atoms with van der Waals surface area (Å²) in [6.07, 6.45) is 4.18. The molecular weight excluding hydrogens is 352 g/mol. The van der Waals surface area contributed by atoms with E-state index in [2.05, 4.69) is 4.98 Å². The first-order valence-electron chi connectivity index (χ1n) is 8.72. The highest BCUT2D eigenvalue weighted by Crippen LogP contribution is 2.28. The molecule has 0 amide bonds. The minimum Gasteiger partial charge on any atom is -0.465 e. The lowest BCUT2D eigenvalue weighted by molar-refractivity contribution is 0.0465. The number of aromatic nitrogens is 2. The van der Waals surface area contributed by atoms with Crippen LogP contribution in [0.15, 0.2) is 15.3 Å². The van der Waals surface area contributed by atoms with Gasteiger partial charge in [-0.25, -0.2) is 9.78 Å². The van der Waals surface area contributed by atoms with Gasteiger partial charge >= 0.3 is 5.97 Å². The van der Waals surface area contributed by atoms with Crippen LogP contribution in [-0.4, -0.2) is 15.4 Å². The largest absolute Gasteiger partial charge is 0.465 e. The van der Waals surface area contributed by atoms with E-state index in [9.17, 15) is 9.59 Å². The van der Waals surface area contributed by atoms with Gasteiger partial charge < -0.3 is 9.15 Å². The maximum Gasteiger partial charge on any atom is 0.342 e. The van der Waals surface area contributed by atoms with Crippen molar-refractivity contribution in [2.45, 2.75) is 53.1 Å². The van der Waals surface area contributed by atoms with Gasteiger partial charge in [0.25, 0.3) is 5.56 Å². The molecule has 26 heavy (non-hydrogen) atoms. The van der Waals surface area contributed by atoms with Gasteiger partial charge in [-0.05, 0) is 46.5 Å². The van der Waals surface area contributed by atoms with Crippen LogP contribution in [0, 0.1) is 20.8 Å². The number of nitrogens with zero attached hydrogens (tertiary/aromatic N) is 2. The van der Waals surface area contributed by atoms with E-state index >= 15 is 0 Å². The van der Waals surface area contributed by atoms with Gasteiger partial charge in [0, 0.05) is 22.2 Å². The second-order valence-electron chi connectivity index (χ2n) is 6.67. The Bertz CT molecular complexity index is 1070. The number of ether oxygens (including phenoxy) is 1. The van der Waals surface area contributed by atoms with Crippen molar-refractivity contribution in [2.75, 3.05) is 0 Å². The van der Waals surface area contributed by atoms with Crippen molar-refractivity contribution in [3.05, 3.63) is 55.3 Å². The Kier molecular flexibility index (Phi) is 4.19. The van der Waals surface area contributed by atoms with Crippen LogP contribution >= 0.6 is 11.3 Å². The van der Waals surface area contributed by atoms with E-state index in [1.54, 1.807) is 22.7 Å². The van der Waals surface area contributed by atoms with Crippen LogP contribution in [0.5, 0.6) is 0 Å². The van der Waals surface area contributed by atoms with Crippen molar-refractivity contribution in [3.63, 3.8) is 0 Å². The molecule has 3 heterocycles. The molecule has 7 heteroatoms. The smallest absolute Gasteiger partial charge is 0.342 e. The van der Waals surface area contributed by atoms with Gasteiger partial charge in [0.15, 0.2) is 4.96 Å². The van der Waals surface area contributed by atoms with Crippen LogP contribution in [0.2, 0.25) is 0 Å². The number of fused-ring (bicyclic) bond motifs is 3. The molecule has 3 aromatic heterocycles. The first-order valence-corrected chi connectivity index (χ1v) is 9.54. The van der Waals surface area contributed by atoms with Crippen LogP contribution in [0.25, 0.3) is 4.96 Å². The predicted octanol–water partition coefficient (Wildman–Crippen LogP) is 3.51. The molecular formula is C19H20N2O4S. The molecule has 3 aromatic rings. The molecule has 1 aliphatic rings. The molecule has 0 aromatic carbocycles. The van der Waals surface area contributed by atoms with Crippen molar-refractivity contribution >= 4 is 22.3 Å². The molecule has 0 spiro atoms. The zero-order chi connectivity index (χ0) is 18.4. The summed E-state index contributed by atoms with van der Waals surface area (Å²) in [5.74, 6) is 0.792. The van der Waals surface area contributed by atoms with Crippen molar-refractivity contribution in [2.24, 2.45) is 0 Å². The minimum atomic E-state index is -0.454. The van der Waals surface area contributed by atoms with E-state index in [4.69, 9.17) is 9.15 Å². The topological polar surface area (TPSA) is 73.8 Å². The number of aryl methyl sites for hydroxylation is 4. The summed E-state index contributed by atoms with van der Waals surface area (Å²) < 4.78 is 12.6. The fourth-order valence-electron chi connectivity index (χ4n) is 3.52. The molecule has 136 valence electrons. The third-order valence-electron chi connectivity index (χ3n) is 4.93. The average Bonchev–Trinajstić information content (AvgIpc) is 3.10. The average molecular weight is 372 g/mol. The third kappa shape index (κ3) is 2.76. The van der Waals surface area contributed by atoms with Gasteiger partial charge in [-0.2, -0.15) is 0 Å². The molecule has 0 saturated carbocycles. The number of hydrogen-bond donors (Lipinski definition) is 0. The van der Waals surface area contributed by atoms with Crippen LogP contribution in [0.3, 0.4) is 0 Å². The van der Waals surface area contributed by atoms with E-state index in [-0.39, 0.29) is 12.2 Å². The van der Waals surface area contributed by atoms with Crippen LogP contribution in [-0.2, 0) is 24.2 Å². The van der Waals surface area contributed by atoms with E-state index in [1.165, 1.54) is 10.9 Å². The minimum absolute atomic E-state index is 0.0315. The highest BCUT2D eigenvalue weighted by atomic mass is 32.1. The Morgan fingerprint density at radius 2 is 2.04 bits per heavy atom. The van der Waals surface area contributed by atoms with Crippen molar-refractivity contribution in [1.29, 1.82) is 0 Å². The van der Waals surface area contributed by atoms with Crippen LogP contribution in [0.1, 0.15) is 56.5 Å². The second-order valence-corrected chi connectivity index (χ2v) is 7.74. The quantitative estimate of drug-likeness (QED) is 0.658. The highest BCUT2D eigenvalue weighted by Gasteiger charge is 2.21. The molecule has 0 unspecified atom stereocenters. The van der Waals surface area contributed by atoms with E-state index in [1.807, 2.05) is 13.8 Å². The van der Waals surface area contributed by atoms with Gasteiger partial charge in [0.2, 0.25) is 0 Å². The number of esters is 1. The predicted molar refractivity (Wildman–Crippen MR) is 98.0 cm³/mol. The lowest BCUT2D eigenvalue weighted by Crippen LogP contribution is -2.18. The zero-order valence-corrected chi connectivity index (χ0v) is 15.9. The van der Waals surface area contributed by atoms with Crippen molar-refractivity contribution in [1.82, 2.24) is 9.38 Å². The second kappa shape index (κ2) is 6.39. The molecule has 0 atom stereocenters. The number of furan rings is 1. The maximum absolute atomic E-state index is 12.5. The lowest BCUT2D eigenvalue weighted by Gasteiger charge is -2.10. The lowest BCUT2D eigenvalue weighted by atomic mass is 10.0. The Morgan fingerprint density at radius 3 is 2.77 bits per heavy atom. The molecule has 0 saturated heterocycles. The first kappa shape index (κ1) is 17.0. The number of thiazole rings is 1. The molecule has 4 rings (SSSR count). The standard InChI is InChI=1S/C19H20N2O4S/c1-10-11(2)25-12(3)17(10)18(23)24-9-13-8-16(22)21-14-6-4-5-7-15(14)26-19(21)20-13/h8H,4-7,9H2,1-3H3. The number of carbonyl (C=O) groups excluding carboxylic acids is 1. The van der Waals surface area contributed by atoms with Crippen LogP contribution < -0.4 is 5.56 Å². The summed E-state index contributed by atoms with van der Waals surface area (Å²) in [7, 11) is 0. The zero-order valence-electron chi connectivity index (χ0n) is 15.0. The molecule has 6 nitrogen and oxygen atoms in total. The van der Waals surface area contributed by atoms with Gasteiger partial charge in [-0.15, -0.1) is 11.3 Å². The molecule has 0 N–H and O–H groups in total. The van der Waals surface area contributed by atoms with Crippen molar-refractivity contribution in [3.8, 4) is 0 Å². The monoisotopic (exact) mass is 372 g/mol. The highest BCUT2D eigenvalue weighted by molar-refractivity contribution is 7.17. The van der Waals surface area contributed by atoms with Crippen molar-refractivity contribution < 1.29 is 13.9 Å². The third-order valence-corrected chi connectivity index (χ3v) is 6.07. The van der Waals surface area contributed by atoms with Gasteiger partial charge in [-0.1, -0.05) is 0 Å². The van der Waals surface area contributed by atoms with Gasteiger partial charge in [-0.3, -0.25) is 9.20 Å². The summed E-state index contributed by atoms with van der Waals surface area (Å²) in [5, 5.41) is 0. The molecule has 0 aliphatic heterocycles. The summed E-state index contributed by atoms with van der Waals surface area (Å²) >= 11 is 1.56. The maximum atomic E-state index is 12.5. The van der Waals surface area contributed by atoms with Gasteiger partial charge in [0.1, 0.15) is 23.7 Å². The summed E-state index contributed by atoms with van der Waals surface area (Å²) in [6.45, 7) is 5.35.